The second kappa shape index (κ2) is 12.8. The van der Waals surface area contributed by atoms with Gasteiger partial charge >= 0.3 is 5.97 Å². The van der Waals surface area contributed by atoms with Gasteiger partial charge < -0.3 is 10.8 Å². The zero-order chi connectivity index (χ0) is 30.3. The summed E-state index contributed by atoms with van der Waals surface area (Å²) in [5.41, 5.74) is 7.80. The van der Waals surface area contributed by atoms with E-state index in [1.54, 1.807) is 19.9 Å². The quantitative estimate of drug-likeness (QED) is 0.267. The molecule has 0 unspecified atom stereocenters. The molecule has 0 amide bonds. The van der Waals surface area contributed by atoms with E-state index in [1.165, 1.54) is 55.5 Å². The van der Waals surface area contributed by atoms with Gasteiger partial charge in [0.25, 0.3) is 0 Å². The number of sulfonamides is 3. The Kier molecular flexibility index (Phi) is 10.9. The molecule has 3 aromatic rings. The van der Waals surface area contributed by atoms with Crippen LogP contribution in [-0.2, 0) is 30.1 Å². The Morgan fingerprint density at radius 2 is 1.08 bits per heavy atom. The minimum atomic E-state index is -3.77. The summed E-state index contributed by atoms with van der Waals surface area (Å²) in [6.07, 6.45) is 0. The van der Waals surface area contributed by atoms with Crippen LogP contribution in [-0.4, -0.2) is 36.3 Å². The van der Waals surface area contributed by atoms with Crippen LogP contribution in [0.3, 0.4) is 0 Å². The molecular formula is C23H27N5O8S3. The average molecular weight is 598 g/mol. The van der Waals surface area contributed by atoms with E-state index in [2.05, 4.69) is 0 Å². The highest BCUT2D eigenvalue weighted by atomic mass is 32.2. The van der Waals surface area contributed by atoms with Crippen LogP contribution in [0.15, 0.2) is 69.3 Å². The van der Waals surface area contributed by atoms with E-state index in [9.17, 15) is 30.0 Å². The minimum Gasteiger partial charge on any atom is -0.478 e. The summed E-state index contributed by atoms with van der Waals surface area (Å²) in [5.74, 6) is -1.10. The molecule has 0 atom stereocenters. The van der Waals surface area contributed by atoms with Crippen LogP contribution in [0.1, 0.15) is 32.6 Å². The van der Waals surface area contributed by atoms with E-state index in [1.807, 2.05) is 6.07 Å². The maximum absolute atomic E-state index is 11.0. The summed E-state index contributed by atoms with van der Waals surface area (Å²) in [6, 6.07) is 14.3. The van der Waals surface area contributed by atoms with Crippen LogP contribution >= 0.6 is 0 Å². The van der Waals surface area contributed by atoms with Gasteiger partial charge in [0, 0.05) is 5.69 Å². The van der Waals surface area contributed by atoms with Crippen molar-refractivity contribution in [3.8, 4) is 6.07 Å². The second-order valence-electron chi connectivity index (χ2n) is 8.04. The predicted octanol–water partition coefficient (Wildman–Crippen LogP) is 1.08. The predicted molar refractivity (Wildman–Crippen MR) is 144 cm³/mol. The van der Waals surface area contributed by atoms with Crippen LogP contribution in [0.4, 0.5) is 5.69 Å². The highest BCUT2D eigenvalue weighted by molar-refractivity contribution is 7.89. The number of carboxylic acid groups (broad SMARTS) is 1. The topological polar surface area (TPSA) is 268 Å². The third kappa shape index (κ3) is 10.1. The van der Waals surface area contributed by atoms with Crippen molar-refractivity contribution in [2.24, 2.45) is 15.4 Å². The Bertz CT molecular complexity index is 1760. The Morgan fingerprint density at radius 1 is 0.692 bits per heavy atom. The number of carbonyl (C=O) groups is 1. The number of aryl methyl sites for hydroxylation is 3. The Morgan fingerprint density at radius 3 is 1.41 bits per heavy atom. The fraction of sp³-hybridized carbons (Fsp3) is 0.130. The summed E-state index contributed by atoms with van der Waals surface area (Å²) in [4.78, 5) is 10.7. The smallest absolute Gasteiger partial charge is 0.335 e. The van der Waals surface area contributed by atoms with Crippen molar-refractivity contribution in [1.82, 2.24) is 0 Å². The summed E-state index contributed by atoms with van der Waals surface area (Å²) < 4.78 is 65.6. The van der Waals surface area contributed by atoms with E-state index in [0.717, 1.165) is 0 Å². The van der Waals surface area contributed by atoms with Gasteiger partial charge in [0.05, 0.1) is 31.9 Å². The highest BCUT2D eigenvalue weighted by Gasteiger charge is 2.13. The monoisotopic (exact) mass is 597 g/mol. The average Bonchev–Trinajstić information content (AvgIpc) is 2.77. The summed E-state index contributed by atoms with van der Waals surface area (Å²) >= 11 is 0. The number of anilines is 1. The fourth-order valence-corrected chi connectivity index (χ4v) is 5.43. The molecule has 0 saturated carbocycles. The van der Waals surface area contributed by atoms with Crippen molar-refractivity contribution in [2.75, 3.05) is 5.73 Å². The van der Waals surface area contributed by atoms with Gasteiger partial charge in [-0.25, -0.2) is 45.5 Å². The highest BCUT2D eigenvalue weighted by Crippen LogP contribution is 2.17. The zero-order valence-electron chi connectivity index (χ0n) is 21.0. The third-order valence-corrected chi connectivity index (χ3v) is 8.06. The van der Waals surface area contributed by atoms with E-state index in [0.29, 0.717) is 27.9 Å². The molecule has 0 heterocycles. The molecule has 0 spiro atoms. The summed E-state index contributed by atoms with van der Waals surface area (Å²) in [7, 11) is -11.0. The number of nitriles is 1. The lowest BCUT2D eigenvalue weighted by atomic mass is 10.1. The summed E-state index contributed by atoms with van der Waals surface area (Å²) in [6.45, 7) is 4.74. The zero-order valence-corrected chi connectivity index (χ0v) is 23.4. The van der Waals surface area contributed by atoms with Crippen molar-refractivity contribution in [3.63, 3.8) is 0 Å². The van der Waals surface area contributed by atoms with Crippen molar-refractivity contribution in [3.05, 3.63) is 82.4 Å². The normalized spacial score (nSPS) is 11.2. The van der Waals surface area contributed by atoms with Crippen molar-refractivity contribution in [2.45, 2.75) is 35.5 Å². The van der Waals surface area contributed by atoms with Crippen molar-refractivity contribution in [1.29, 1.82) is 5.26 Å². The number of nitrogens with zero attached hydrogens (tertiary/aromatic N) is 1. The molecule has 0 fully saturated rings. The molecule has 16 heteroatoms. The number of hydrogen-bond acceptors (Lipinski definition) is 9. The van der Waals surface area contributed by atoms with Gasteiger partial charge in [-0.15, -0.1) is 0 Å². The molecule has 9 N–H and O–H groups in total. The summed E-state index contributed by atoms with van der Waals surface area (Å²) in [5, 5.41) is 31.9. The van der Waals surface area contributed by atoms with Gasteiger partial charge in [0.15, 0.2) is 0 Å². The molecule has 210 valence electrons. The number of benzene rings is 3. The largest absolute Gasteiger partial charge is 0.478 e. The lowest BCUT2D eigenvalue weighted by Gasteiger charge is -2.03. The van der Waals surface area contributed by atoms with Gasteiger partial charge in [-0.2, -0.15) is 5.26 Å². The molecule has 0 bridgehead atoms. The molecule has 0 aliphatic rings. The Labute approximate surface area is 226 Å². The molecular weight excluding hydrogens is 570 g/mol. The SMILES string of the molecule is Cc1cc(C#N)ccc1S(N)(=O)=O.Cc1cc(C(=O)O)ccc1S(N)(=O)=O.Cc1cc(N)ccc1S(N)(=O)=O. The van der Waals surface area contributed by atoms with Crippen LogP contribution in [0.5, 0.6) is 0 Å². The Hall–Kier alpha value is -3.85. The van der Waals surface area contributed by atoms with Gasteiger partial charge in [0.2, 0.25) is 30.1 Å². The van der Waals surface area contributed by atoms with Crippen molar-refractivity contribution < 1.29 is 35.2 Å². The van der Waals surface area contributed by atoms with E-state index in [4.69, 9.17) is 31.5 Å². The molecule has 0 saturated heterocycles. The first-order valence-corrected chi connectivity index (χ1v) is 15.1. The van der Waals surface area contributed by atoms with E-state index >= 15 is 0 Å². The molecule has 0 aliphatic heterocycles. The molecule has 13 nitrogen and oxygen atoms in total. The molecule has 0 aromatic heterocycles. The molecule has 0 radical (unpaired) electrons. The number of rotatable bonds is 4. The van der Waals surface area contributed by atoms with Gasteiger partial charge in [-0.1, -0.05) is 0 Å². The first kappa shape index (κ1) is 33.2. The lowest BCUT2D eigenvalue weighted by Crippen LogP contribution is -2.14. The number of nitrogen functional groups attached to an aromatic ring is 1. The molecule has 0 aliphatic carbocycles. The lowest BCUT2D eigenvalue weighted by molar-refractivity contribution is 0.0696. The van der Waals surface area contributed by atoms with Gasteiger partial charge in [-0.3, -0.25) is 0 Å². The number of nitrogens with two attached hydrogens (primary N) is 4. The Balaban J connectivity index is 0.000000293. The standard InChI is InChI=1S/C8H8N2O2S.C8H9NO4S.C7H10N2O2S/c1-6-4-7(5-9)2-3-8(6)13(10,11)12;1-5-4-6(8(10)11)2-3-7(5)14(9,12)13;1-5-4-6(8)2-3-7(5)12(9,10)11/h2-4H,1H3,(H2,10,11,12);2-4H,1H3,(H,10,11)(H2,9,12,13);2-4H,8H2,1H3,(H2,9,10,11). The van der Waals surface area contributed by atoms with E-state index in [-0.39, 0.29) is 20.2 Å². The molecule has 3 aromatic carbocycles. The third-order valence-electron chi connectivity index (χ3n) is 4.84. The molecule has 3 rings (SSSR count). The maximum atomic E-state index is 11.0. The van der Waals surface area contributed by atoms with Gasteiger partial charge in [-0.05, 0) is 92.1 Å². The van der Waals surface area contributed by atoms with E-state index < -0.39 is 36.0 Å². The van der Waals surface area contributed by atoms with Gasteiger partial charge in [0.1, 0.15) is 0 Å². The minimum absolute atomic E-state index is 0.0369. The first-order chi connectivity index (χ1) is 17.7. The van der Waals surface area contributed by atoms with Crippen LogP contribution in [0.2, 0.25) is 0 Å². The van der Waals surface area contributed by atoms with Crippen molar-refractivity contribution >= 4 is 41.7 Å². The fourth-order valence-electron chi connectivity index (χ4n) is 3.13. The van der Waals surface area contributed by atoms with Crippen LogP contribution in [0.25, 0.3) is 0 Å². The first-order valence-electron chi connectivity index (χ1n) is 10.5. The number of carboxylic acids is 1. The molecule has 39 heavy (non-hydrogen) atoms. The number of hydrogen-bond donors (Lipinski definition) is 5. The number of aromatic carboxylic acids is 1. The maximum Gasteiger partial charge on any atom is 0.335 e. The van der Waals surface area contributed by atoms with Crippen LogP contribution < -0.4 is 21.2 Å². The van der Waals surface area contributed by atoms with Crippen LogP contribution in [0, 0.1) is 32.1 Å². The second-order valence-corrected chi connectivity index (χ2v) is 12.6. The number of primary sulfonamides is 3.